The number of amidine groups is 1. The molecule has 0 saturated carbocycles. The largest absolute Gasteiger partial charge is 0.363 e. The Balaban J connectivity index is 1.83. The second-order valence-corrected chi connectivity index (χ2v) is 10.1. The maximum atomic E-state index is 13.2. The summed E-state index contributed by atoms with van der Waals surface area (Å²) < 4.78 is 0. The van der Waals surface area contributed by atoms with E-state index in [1.807, 2.05) is 20.2 Å². The molecule has 1 aromatic heterocycles. The number of anilines is 2. The molecule has 0 atom stereocenters. The molecule has 0 aliphatic heterocycles. The van der Waals surface area contributed by atoms with Crippen LogP contribution in [0.25, 0.3) is 0 Å². The number of aromatic nitrogens is 1. The smallest absolute Gasteiger partial charge is 0.258 e. The van der Waals surface area contributed by atoms with Gasteiger partial charge in [0.1, 0.15) is 11.7 Å². The standard InChI is InChI=1S/C26H29ClN6O2S/c1-32(2)13-14-36-20-10-11-22(21(15-20)26(35)31-23-12-9-19(27)16-29-23)30-25(34)18-7-5-17(6-8-18)24(28)33(3)4/h5-12,15-16,28H,13-14H2,1-4H3,(H,30,34)(H,29,31,35). The third kappa shape index (κ3) is 7.55. The van der Waals surface area contributed by atoms with Crippen molar-refractivity contribution in [1.82, 2.24) is 14.8 Å². The van der Waals surface area contributed by atoms with E-state index < -0.39 is 5.91 Å². The summed E-state index contributed by atoms with van der Waals surface area (Å²) in [6.45, 7) is 0.890. The van der Waals surface area contributed by atoms with E-state index >= 15 is 0 Å². The zero-order chi connectivity index (χ0) is 26.2. The summed E-state index contributed by atoms with van der Waals surface area (Å²) in [4.78, 5) is 35.0. The molecule has 0 radical (unpaired) electrons. The number of pyridine rings is 1. The summed E-state index contributed by atoms with van der Waals surface area (Å²) in [7, 11) is 7.59. The van der Waals surface area contributed by atoms with Crippen LogP contribution in [-0.4, -0.2) is 72.9 Å². The first-order valence-electron chi connectivity index (χ1n) is 11.2. The highest BCUT2D eigenvalue weighted by atomic mass is 35.5. The second-order valence-electron chi connectivity index (χ2n) is 8.45. The van der Waals surface area contributed by atoms with Crippen LogP contribution < -0.4 is 10.6 Å². The van der Waals surface area contributed by atoms with Gasteiger partial charge in [-0.1, -0.05) is 23.7 Å². The summed E-state index contributed by atoms with van der Waals surface area (Å²) in [5.74, 6) is 0.798. The van der Waals surface area contributed by atoms with E-state index in [0.29, 0.717) is 39.1 Å². The molecule has 3 rings (SSSR count). The highest BCUT2D eigenvalue weighted by Gasteiger charge is 2.17. The molecule has 0 aliphatic carbocycles. The van der Waals surface area contributed by atoms with Gasteiger partial charge in [0.05, 0.1) is 16.3 Å². The second kappa shape index (κ2) is 12.5. The Bertz CT molecular complexity index is 1230. The van der Waals surface area contributed by atoms with Gasteiger partial charge < -0.3 is 20.4 Å². The Morgan fingerprint density at radius 3 is 2.25 bits per heavy atom. The van der Waals surface area contributed by atoms with E-state index in [2.05, 4.69) is 20.5 Å². The first-order chi connectivity index (χ1) is 17.1. The van der Waals surface area contributed by atoms with Crippen molar-refractivity contribution in [3.8, 4) is 0 Å². The average Bonchev–Trinajstić information content (AvgIpc) is 2.85. The van der Waals surface area contributed by atoms with E-state index in [4.69, 9.17) is 17.0 Å². The average molecular weight is 525 g/mol. The lowest BCUT2D eigenvalue weighted by molar-refractivity contribution is 0.102. The number of thioether (sulfide) groups is 1. The Hall–Kier alpha value is -3.40. The molecule has 10 heteroatoms. The minimum absolute atomic E-state index is 0.320. The third-order valence-corrected chi connectivity index (χ3v) is 6.33. The zero-order valence-electron chi connectivity index (χ0n) is 20.6. The van der Waals surface area contributed by atoms with Crippen LogP contribution in [0.4, 0.5) is 11.5 Å². The lowest BCUT2D eigenvalue weighted by Crippen LogP contribution is -2.22. The normalized spacial score (nSPS) is 10.7. The fourth-order valence-electron chi connectivity index (χ4n) is 3.12. The molecule has 188 valence electrons. The molecule has 0 fully saturated rings. The molecule has 0 bridgehead atoms. The molecule has 3 N–H and O–H groups in total. The van der Waals surface area contributed by atoms with Crippen LogP contribution in [0.15, 0.2) is 65.7 Å². The van der Waals surface area contributed by atoms with Crippen LogP contribution in [0, 0.1) is 5.41 Å². The van der Waals surface area contributed by atoms with Gasteiger partial charge >= 0.3 is 0 Å². The lowest BCUT2D eigenvalue weighted by Gasteiger charge is -2.15. The van der Waals surface area contributed by atoms with E-state index in [1.54, 1.807) is 79.3 Å². The van der Waals surface area contributed by atoms with Gasteiger partial charge in [-0.25, -0.2) is 4.98 Å². The molecule has 0 aliphatic rings. The van der Waals surface area contributed by atoms with Crippen molar-refractivity contribution in [2.75, 3.05) is 51.1 Å². The first kappa shape index (κ1) is 27.2. The Morgan fingerprint density at radius 1 is 0.944 bits per heavy atom. The van der Waals surface area contributed by atoms with Crippen molar-refractivity contribution >= 4 is 52.5 Å². The maximum Gasteiger partial charge on any atom is 0.258 e. The molecule has 3 aromatic rings. The molecule has 36 heavy (non-hydrogen) atoms. The predicted octanol–water partition coefficient (Wildman–Crippen LogP) is 4.78. The van der Waals surface area contributed by atoms with Crippen LogP contribution >= 0.6 is 23.4 Å². The lowest BCUT2D eigenvalue weighted by atomic mass is 10.1. The third-order valence-electron chi connectivity index (χ3n) is 5.13. The molecule has 0 unspecified atom stereocenters. The summed E-state index contributed by atoms with van der Waals surface area (Å²) in [6.07, 6.45) is 1.45. The number of halogens is 1. The topological polar surface area (TPSA) is 101 Å². The van der Waals surface area contributed by atoms with Crippen LogP contribution in [-0.2, 0) is 0 Å². The number of hydrogen-bond donors (Lipinski definition) is 3. The maximum absolute atomic E-state index is 13.2. The van der Waals surface area contributed by atoms with Crippen LogP contribution in [0.3, 0.4) is 0 Å². The van der Waals surface area contributed by atoms with Gasteiger partial charge in [0.25, 0.3) is 11.8 Å². The molecular weight excluding hydrogens is 496 g/mol. The molecule has 2 amide bonds. The molecular formula is C26H29ClN6O2S. The van der Waals surface area contributed by atoms with Crippen molar-refractivity contribution in [2.45, 2.75) is 4.90 Å². The monoisotopic (exact) mass is 524 g/mol. The molecule has 2 aromatic carbocycles. The van der Waals surface area contributed by atoms with Crippen molar-refractivity contribution in [2.24, 2.45) is 0 Å². The van der Waals surface area contributed by atoms with Gasteiger partial charge in [0, 0.05) is 48.6 Å². The number of hydrogen-bond acceptors (Lipinski definition) is 6. The van der Waals surface area contributed by atoms with Gasteiger partial charge in [-0.3, -0.25) is 15.0 Å². The summed E-state index contributed by atoms with van der Waals surface area (Å²) in [5, 5.41) is 14.2. The van der Waals surface area contributed by atoms with Gasteiger partial charge in [-0.15, -0.1) is 11.8 Å². The van der Waals surface area contributed by atoms with E-state index in [0.717, 1.165) is 17.2 Å². The number of amides is 2. The predicted molar refractivity (Wildman–Crippen MR) is 148 cm³/mol. The molecule has 1 heterocycles. The van der Waals surface area contributed by atoms with Gasteiger partial charge in [0.15, 0.2) is 0 Å². The van der Waals surface area contributed by atoms with Crippen molar-refractivity contribution in [3.05, 3.63) is 82.5 Å². The van der Waals surface area contributed by atoms with Gasteiger partial charge in [-0.2, -0.15) is 0 Å². The molecule has 0 saturated heterocycles. The van der Waals surface area contributed by atoms with Crippen LogP contribution in [0.2, 0.25) is 5.02 Å². The number of benzene rings is 2. The highest BCUT2D eigenvalue weighted by Crippen LogP contribution is 2.26. The summed E-state index contributed by atoms with van der Waals surface area (Å²) in [6, 6.07) is 15.4. The summed E-state index contributed by atoms with van der Waals surface area (Å²) >= 11 is 7.52. The van der Waals surface area contributed by atoms with Crippen molar-refractivity contribution in [3.63, 3.8) is 0 Å². The number of carbonyl (C=O) groups is 2. The highest BCUT2D eigenvalue weighted by molar-refractivity contribution is 7.99. The van der Waals surface area contributed by atoms with Crippen molar-refractivity contribution in [1.29, 1.82) is 5.41 Å². The Labute approximate surface area is 220 Å². The quantitative estimate of drug-likeness (QED) is 0.211. The van der Waals surface area contributed by atoms with Gasteiger partial charge in [-0.05, 0) is 56.6 Å². The van der Waals surface area contributed by atoms with Gasteiger partial charge in [0.2, 0.25) is 0 Å². The minimum atomic E-state index is -0.398. The van der Waals surface area contributed by atoms with Crippen LogP contribution in [0.1, 0.15) is 26.3 Å². The van der Waals surface area contributed by atoms with E-state index in [9.17, 15) is 9.59 Å². The summed E-state index contributed by atoms with van der Waals surface area (Å²) in [5.41, 5.74) is 1.82. The number of nitrogens with zero attached hydrogens (tertiary/aromatic N) is 3. The number of nitrogens with one attached hydrogen (secondary N) is 3. The number of carbonyl (C=O) groups excluding carboxylic acids is 2. The fraction of sp³-hybridized carbons (Fsp3) is 0.231. The fourth-order valence-corrected chi connectivity index (χ4v) is 4.29. The Morgan fingerprint density at radius 2 is 1.64 bits per heavy atom. The van der Waals surface area contributed by atoms with E-state index in [1.165, 1.54) is 6.20 Å². The zero-order valence-corrected chi connectivity index (χ0v) is 22.2. The molecule has 0 spiro atoms. The van der Waals surface area contributed by atoms with Crippen LogP contribution in [0.5, 0.6) is 0 Å². The SMILES string of the molecule is CN(C)CCSc1ccc(NC(=O)c2ccc(C(=N)N(C)C)cc2)c(C(=O)Nc2ccc(Cl)cn2)c1. The number of rotatable bonds is 9. The van der Waals surface area contributed by atoms with Crippen molar-refractivity contribution < 1.29 is 9.59 Å². The first-order valence-corrected chi connectivity index (χ1v) is 12.5. The molecule has 8 nitrogen and oxygen atoms in total. The minimum Gasteiger partial charge on any atom is -0.363 e. The van der Waals surface area contributed by atoms with E-state index in [-0.39, 0.29) is 5.91 Å². The Kier molecular flexibility index (Phi) is 9.46.